The molecule has 6 nitrogen and oxygen atoms in total. The summed E-state index contributed by atoms with van der Waals surface area (Å²) >= 11 is 0. The van der Waals surface area contributed by atoms with Crippen LogP contribution in [-0.4, -0.2) is 55.3 Å². The van der Waals surface area contributed by atoms with Gasteiger partial charge < -0.3 is 20.1 Å². The Morgan fingerprint density at radius 3 is 2.52 bits per heavy atom. The number of aromatic hydroxyl groups is 1. The van der Waals surface area contributed by atoms with Crippen LogP contribution in [-0.2, 0) is 23.0 Å². The predicted octanol–water partition coefficient (Wildman–Crippen LogP) is 4.99. The number of methoxy groups -OCH3 is 1. The molecule has 2 aliphatic carbocycles. The summed E-state index contributed by atoms with van der Waals surface area (Å²) in [5.74, 6) is 0.189. The number of piperidine rings is 1. The molecule has 4 atom stereocenters. The van der Waals surface area contributed by atoms with E-state index in [2.05, 4.69) is 65.8 Å². The second-order valence-electron chi connectivity index (χ2n) is 11.4. The molecular formula is C34H35N3O3. The highest BCUT2D eigenvalue weighted by Gasteiger charge is 2.55. The van der Waals surface area contributed by atoms with Crippen LogP contribution in [0.25, 0.3) is 11.1 Å². The van der Waals surface area contributed by atoms with E-state index in [1.54, 1.807) is 13.2 Å². The summed E-state index contributed by atoms with van der Waals surface area (Å²) in [6.07, 6.45) is 7.77. The van der Waals surface area contributed by atoms with Gasteiger partial charge in [-0.2, -0.15) is 5.26 Å². The number of phenols is 1. The molecule has 2 N–H and O–H groups in total. The lowest BCUT2D eigenvalue weighted by molar-refractivity contribution is 0.00776. The third kappa shape index (κ3) is 4.50. The van der Waals surface area contributed by atoms with Crippen LogP contribution in [0.3, 0.4) is 0 Å². The summed E-state index contributed by atoms with van der Waals surface area (Å²) in [5, 5.41) is 23.6. The van der Waals surface area contributed by atoms with Crippen molar-refractivity contribution >= 4 is 5.91 Å². The molecular weight excluding hydrogens is 498 g/mol. The average molecular weight is 534 g/mol. The maximum atomic E-state index is 13.3. The molecule has 3 aliphatic rings. The van der Waals surface area contributed by atoms with Crippen molar-refractivity contribution in [3.8, 4) is 22.9 Å². The van der Waals surface area contributed by atoms with Crippen molar-refractivity contribution in [3.05, 3.63) is 101 Å². The first-order valence-corrected chi connectivity index (χ1v) is 14.1. The van der Waals surface area contributed by atoms with Crippen molar-refractivity contribution < 1.29 is 14.6 Å². The summed E-state index contributed by atoms with van der Waals surface area (Å²) in [4.78, 5) is 15.7. The lowest BCUT2D eigenvalue weighted by Gasteiger charge is -2.57. The zero-order chi connectivity index (χ0) is 27.9. The number of phenolic OH excluding ortho intramolecular Hbond substituents is 1. The van der Waals surface area contributed by atoms with Crippen LogP contribution < -0.4 is 5.32 Å². The molecule has 1 amide bonds. The minimum Gasteiger partial charge on any atom is -0.507 e. The normalized spacial score (nSPS) is 25.0. The molecule has 6 rings (SSSR count). The van der Waals surface area contributed by atoms with Crippen molar-refractivity contribution in [2.75, 3.05) is 27.2 Å². The summed E-state index contributed by atoms with van der Waals surface area (Å²) in [6, 6.07) is 22.2. The van der Waals surface area contributed by atoms with Crippen LogP contribution in [0.5, 0.6) is 5.75 Å². The molecule has 4 unspecified atom stereocenters. The van der Waals surface area contributed by atoms with E-state index in [9.17, 15) is 9.90 Å². The molecule has 1 saturated heterocycles. The third-order valence-corrected chi connectivity index (χ3v) is 9.37. The number of carbonyl (C=O) groups is 1. The molecule has 204 valence electrons. The Balaban J connectivity index is 1.17. The fourth-order valence-corrected chi connectivity index (χ4v) is 7.19. The van der Waals surface area contributed by atoms with E-state index >= 15 is 0 Å². The van der Waals surface area contributed by atoms with E-state index in [1.807, 2.05) is 24.3 Å². The minimum atomic E-state index is -0.243. The van der Waals surface area contributed by atoms with Crippen LogP contribution in [0.1, 0.15) is 45.5 Å². The van der Waals surface area contributed by atoms with Gasteiger partial charge in [0, 0.05) is 36.6 Å². The molecule has 40 heavy (non-hydrogen) atoms. The molecule has 1 aliphatic heterocycles. The van der Waals surface area contributed by atoms with E-state index in [1.165, 1.54) is 0 Å². The summed E-state index contributed by atoms with van der Waals surface area (Å²) in [7, 11) is 3.94. The van der Waals surface area contributed by atoms with E-state index in [-0.39, 0.29) is 23.2 Å². The minimum absolute atomic E-state index is 0.00596. The maximum absolute atomic E-state index is 13.3. The molecule has 0 saturated carbocycles. The molecule has 0 aromatic heterocycles. The molecule has 3 aromatic carbocycles. The van der Waals surface area contributed by atoms with Gasteiger partial charge in [-0.15, -0.1) is 0 Å². The molecule has 6 heteroatoms. The molecule has 0 radical (unpaired) electrons. The van der Waals surface area contributed by atoms with Gasteiger partial charge in [0.1, 0.15) is 5.75 Å². The number of likely N-dealkylation sites (tertiary alicyclic amines) is 1. The van der Waals surface area contributed by atoms with Crippen LogP contribution in [0.2, 0.25) is 0 Å². The predicted molar refractivity (Wildman–Crippen MR) is 155 cm³/mol. The Morgan fingerprint density at radius 2 is 1.82 bits per heavy atom. The lowest BCUT2D eigenvalue weighted by atomic mass is 9.53. The molecule has 1 fully saturated rings. The Bertz CT molecular complexity index is 1490. The van der Waals surface area contributed by atoms with Crippen molar-refractivity contribution in [1.82, 2.24) is 10.2 Å². The second kappa shape index (κ2) is 10.6. The first-order chi connectivity index (χ1) is 19.4. The van der Waals surface area contributed by atoms with Crippen molar-refractivity contribution in [2.45, 2.75) is 43.2 Å². The number of ether oxygens (including phenoxy) is 1. The summed E-state index contributed by atoms with van der Waals surface area (Å²) < 4.78 is 5.75. The van der Waals surface area contributed by atoms with Crippen molar-refractivity contribution in [2.24, 2.45) is 5.92 Å². The number of nitrogens with one attached hydrogen (secondary N) is 1. The monoisotopic (exact) mass is 533 g/mol. The number of hydrogen-bond donors (Lipinski definition) is 2. The van der Waals surface area contributed by atoms with Crippen LogP contribution in [0.4, 0.5) is 0 Å². The number of fused-ring (bicyclic) bond motifs is 1. The van der Waals surface area contributed by atoms with Crippen molar-refractivity contribution in [1.29, 1.82) is 5.26 Å². The zero-order valence-electron chi connectivity index (χ0n) is 23.1. The SMILES string of the molecule is COC1C=CC2C3Cc4ccc(C(=O)NCCc5ccc(-c6ccc(C#N)cc6)cc5)c(O)c4C2(CCN3C)C1. The van der Waals surface area contributed by atoms with Gasteiger partial charge in [-0.05, 0) is 79.7 Å². The molecule has 3 aromatic rings. The van der Waals surface area contributed by atoms with E-state index in [0.717, 1.165) is 53.6 Å². The molecule has 0 spiro atoms. The fraction of sp³-hybridized carbons (Fsp3) is 0.353. The smallest absolute Gasteiger partial charge is 0.255 e. The van der Waals surface area contributed by atoms with Gasteiger partial charge in [0.25, 0.3) is 5.91 Å². The Labute approximate surface area is 235 Å². The fourth-order valence-electron chi connectivity index (χ4n) is 7.19. The number of rotatable bonds is 6. The van der Waals surface area contributed by atoms with Gasteiger partial charge in [-0.3, -0.25) is 4.79 Å². The van der Waals surface area contributed by atoms with Gasteiger partial charge in [0.05, 0.1) is 23.3 Å². The summed E-state index contributed by atoms with van der Waals surface area (Å²) in [5.41, 5.74) is 6.13. The highest BCUT2D eigenvalue weighted by molar-refractivity contribution is 5.97. The van der Waals surface area contributed by atoms with Gasteiger partial charge in [0.2, 0.25) is 0 Å². The molecule has 2 bridgehead atoms. The standard InChI is InChI=1S/C34H35N3O3/c1-37-18-16-34-20-27(40-2)12-14-29(34)30(37)19-26-11-13-28(32(38)31(26)34)33(39)36-17-15-22-3-7-24(8-4-22)25-9-5-23(21-35)6-10-25/h3-14,27,29-30,38H,15-20H2,1-2H3,(H,36,39). The van der Waals surface area contributed by atoms with Crippen LogP contribution in [0, 0.1) is 17.2 Å². The van der Waals surface area contributed by atoms with Gasteiger partial charge in [-0.25, -0.2) is 0 Å². The Hall–Kier alpha value is -3.92. The van der Waals surface area contributed by atoms with Gasteiger partial charge in [0.15, 0.2) is 0 Å². The lowest BCUT2D eigenvalue weighted by Crippen LogP contribution is -2.60. The first-order valence-electron chi connectivity index (χ1n) is 14.1. The molecule has 1 heterocycles. The first kappa shape index (κ1) is 26.3. The number of nitrogens with zero attached hydrogens (tertiary/aromatic N) is 2. The largest absolute Gasteiger partial charge is 0.507 e. The summed E-state index contributed by atoms with van der Waals surface area (Å²) in [6.45, 7) is 1.44. The quantitative estimate of drug-likeness (QED) is 0.436. The van der Waals surface area contributed by atoms with E-state index < -0.39 is 0 Å². The number of likely N-dealkylation sites (N-methyl/N-ethyl adjacent to an activating group) is 1. The van der Waals surface area contributed by atoms with Crippen LogP contribution in [0.15, 0.2) is 72.8 Å². The van der Waals surface area contributed by atoms with E-state index in [4.69, 9.17) is 10.00 Å². The number of nitriles is 1. The highest BCUT2D eigenvalue weighted by atomic mass is 16.5. The number of hydrogen-bond acceptors (Lipinski definition) is 5. The highest BCUT2D eigenvalue weighted by Crippen LogP contribution is 2.56. The number of carbonyl (C=O) groups excluding carboxylic acids is 1. The average Bonchev–Trinajstić information content (AvgIpc) is 2.99. The van der Waals surface area contributed by atoms with Gasteiger partial charge in [-0.1, -0.05) is 54.6 Å². The Morgan fingerprint density at radius 1 is 1.10 bits per heavy atom. The van der Waals surface area contributed by atoms with E-state index in [0.29, 0.717) is 36.1 Å². The Kier molecular flexibility index (Phi) is 6.95. The number of amides is 1. The zero-order valence-corrected chi connectivity index (χ0v) is 23.1. The van der Waals surface area contributed by atoms with Crippen molar-refractivity contribution in [3.63, 3.8) is 0 Å². The number of benzene rings is 3. The van der Waals surface area contributed by atoms with Gasteiger partial charge >= 0.3 is 0 Å². The third-order valence-electron chi connectivity index (χ3n) is 9.37. The van der Waals surface area contributed by atoms with Crippen LogP contribution >= 0.6 is 0 Å². The maximum Gasteiger partial charge on any atom is 0.255 e. The second-order valence-corrected chi connectivity index (χ2v) is 11.4. The topological polar surface area (TPSA) is 85.6 Å².